The molecule has 3 aromatic heterocycles. The SMILES string of the molecule is CC(C)[C@@H](C(=O)N1C[C@H](O)C[C@H]1C(=O)N[C@@H](C)c1ccc(-c2c(F)cc(F)cc2F)cc1)c1cc(N2CC3(CCN(CCOc4nc(N5CC6CCC(C5)N6)c5cc(Cl)c(-c6ccc(F)c7sc(N)c(C#N)c67)c(F)c5n4)CC3)C2)no1. The number of ether oxygens (including phenoxy) is 1. The second-order valence-electron chi connectivity index (χ2n) is 22.9. The first-order valence-corrected chi connectivity index (χ1v) is 28.8. The summed E-state index contributed by atoms with van der Waals surface area (Å²) in [6.45, 7) is 10.7. The predicted octanol–water partition coefficient (Wildman–Crippen LogP) is 9.47. The van der Waals surface area contributed by atoms with Crippen LogP contribution in [0.3, 0.4) is 0 Å². The number of nitrogens with zero attached hydrogens (tertiary/aromatic N) is 8. The Morgan fingerprint density at radius 1 is 0.951 bits per heavy atom. The van der Waals surface area contributed by atoms with Crippen molar-refractivity contribution in [2.45, 2.75) is 89.1 Å². The number of rotatable bonds is 14. The molecular weight excluding hydrogens is 1110 g/mol. The molecule has 7 aromatic rings. The lowest BCUT2D eigenvalue weighted by Gasteiger charge is -2.54. The van der Waals surface area contributed by atoms with Gasteiger partial charge in [-0.05, 0) is 80.4 Å². The van der Waals surface area contributed by atoms with Crippen LogP contribution in [0.15, 0.2) is 65.2 Å². The Morgan fingerprint density at radius 2 is 1.66 bits per heavy atom. The summed E-state index contributed by atoms with van der Waals surface area (Å²) >= 11 is 7.86. The van der Waals surface area contributed by atoms with Crippen LogP contribution in [0.25, 0.3) is 43.2 Å². The maximum absolute atomic E-state index is 17.2. The highest BCUT2D eigenvalue weighted by molar-refractivity contribution is 7.23. The van der Waals surface area contributed by atoms with E-state index in [4.69, 9.17) is 31.6 Å². The van der Waals surface area contributed by atoms with Crippen LogP contribution in [0.2, 0.25) is 5.02 Å². The molecule has 6 atom stereocenters. The topological polar surface area (TPSA) is 202 Å². The first kappa shape index (κ1) is 55.4. The lowest BCUT2D eigenvalue weighted by Crippen LogP contribution is -2.60. The molecule has 0 saturated carbocycles. The first-order chi connectivity index (χ1) is 39.3. The molecule has 2 amide bonds. The number of nitrogens with two attached hydrogens (primary N) is 1. The van der Waals surface area contributed by atoms with Crippen molar-refractivity contribution in [1.82, 2.24) is 35.6 Å². The van der Waals surface area contributed by atoms with Crippen molar-refractivity contribution in [2.24, 2.45) is 11.3 Å². The Hall–Kier alpha value is -7.16. The minimum atomic E-state index is -1.04. The van der Waals surface area contributed by atoms with Gasteiger partial charge in [-0.2, -0.15) is 15.2 Å². The summed E-state index contributed by atoms with van der Waals surface area (Å²) in [5, 5.41) is 32.5. The summed E-state index contributed by atoms with van der Waals surface area (Å²) in [5.74, 6) is -4.85. The number of thiophene rings is 1. The largest absolute Gasteiger partial charge is 0.462 e. The first-order valence-electron chi connectivity index (χ1n) is 27.6. The van der Waals surface area contributed by atoms with Gasteiger partial charge in [0.1, 0.15) is 64.2 Å². The zero-order valence-electron chi connectivity index (χ0n) is 45.1. The van der Waals surface area contributed by atoms with Gasteiger partial charge >= 0.3 is 6.01 Å². The Morgan fingerprint density at radius 3 is 2.34 bits per heavy atom. The number of aliphatic hydroxyl groups excluding tert-OH is 1. The molecule has 82 heavy (non-hydrogen) atoms. The quantitative estimate of drug-likeness (QED) is 0.0750. The Balaban J connectivity index is 0.676. The Bertz CT molecular complexity index is 3660. The number of piperazine rings is 1. The standard InChI is InChI=1S/C59H59ClF5N11O5S/c1-29(2)47(57(79)76-26-36(77)20-44(76)56(78)68-30(3)31-4-6-32(7-5-31)48-42(63)18-33(61)19-43(48)64)45-22-46(72-81-45)75-27-59(28-75)12-14-73(15-13-59)16-17-80-58-70-52-38(55(71-58)74-24-34-8-9-35(25-74)69-34)21-40(60)50(51(52)65)37-10-11-41(62)53-49(37)39(23-66)54(67)82-53/h4-7,10-11,18-19,21-22,29-30,34-36,44,47,69,77H,8-9,12-17,20,24-28,67H2,1-3H3,(H,68,78)/t30-,34?,35?,36+,44-,47+/m0/s1. The molecule has 4 aromatic carbocycles. The number of amides is 2. The molecule has 16 nitrogen and oxygen atoms in total. The number of β-amino-alcohol motifs (C(OH)–C–C–N with tert-alkyl or cyclic N) is 1. The van der Waals surface area contributed by atoms with E-state index in [1.165, 1.54) is 29.2 Å². The monoisotopic (exact) mass is 1160 g/mol. The zero-order chi connectivity index (χ0) is 57.5. The number of fused-ring (bicyclic) bond motifs is 4. The third-order valence-corrected chi connectivity index (χ3v) is 18.5. The van der Waals surface area contributed by atoms with Gasteiger partial charge in [0.15, 0.2) is 17.4 Å². The highest BCUT2D eigenvalue weighted by atomic mass is 35.5. The number of hydrogen-bond acceptors (Lipinski definition) is 15. The Kier molecular flexibility index (Phi) is 14.8. The van der Waals surface area contributed by atoms with Gasteiger partial charge in [0.05, 0.1) is 33.0 Å². The fourth-order valence-electron chi connectivity index (χ4n) is 12.9. The number of anilines is 3. The zero-order valence-corrected chi connectivity index (χ0v) is 46.7. The molecule has 5 N–H and O–H groups in total. The summed E-state index contributed by atoms with van der Waals surface area (Å²) in [6.07, 6.45) is 2.94. The van der Waals surface area contributed by atoms with Crippen molar-refractivity contribution < 1.29 is 45.9 Å². The molecule has 1 spiro atoms. The summed E-state index contributed by atoms with van der Waals surface area (Å²) in [7, 11) is 0. The smallest absolute Gasteiger partial charge is 0.319 e. The fourth-order valence-corrected chi connectivity index (χ4v) is 14.1. The molecule has 0 radical (unpaired) electrons. The number of aromatic nitrogens is 3. The number of hydrogen-bond donors (Lipinski definition) is 4. The van der Waals surface area contributed by atoms with Crippen LogP contribution < -0.4 is 30.9 Å². The Labute approximate surface area is 477 Å². The summed E-state index contributed by atoms with van der Waals surface area (Å²) in [4.78, 5) is 45.8. The van der Waals surface area contributed by atoms with Gasteiger partial charge in [0, 0.05) is 97.7 Å². The third kappa shape index (κ3) is 10.2. The third-order valence-electron chi connectivity index (χ3n) is 17.2. The van der Waals surface area contributed by atoms with Gasteiger partial charge in [-0.3, -0.25) is 14.5 Å². The van der Waals surface area contributed by atoms with E-state index in [2.05, 4.69) is 41.5 Å². The van der Waals surface area contributed by atoms with Gasteiger partial charge < -0.3 is 45.4 Å². The second kappa shape index (κ2) is 21.9. The molecule has 12 rings (SSSR count). The molecule has 8 heterocycles. The van der Waals surface area contributed by atoms with Crippen molar-refractivity contribution in [1.29, 1.82) is 5.26 Å². The molecule has 2 bridgehead atoms. The van der Waals surface area contributed by atoms with Gasteiger partial charge in [0.25, 0.3) is 0 Å². The number of likely N-dealkylation sites (tertiary alicyclic amines) is 2. The van der Waals surface area contributed by atoms with Crippen LogP contribution in [0.1, 0.15) is 81.7 Å². The van der Waals surface area contributed by atoms with E-state index in [-0.39, 0.29) is 108 Å². The number of nitriles is 1. The van der Waals surface area contributed by atoms with Crippen molar-refractivity contribution >= 4 is 72.4 Å². The van der Waals surface area contributed by atoms with Gasteiger partial charge in [-0.25, -0.2) is 22.0 Å². The second-order valence-corrected chi connectivity index (χ2v) is 24.4. The van der Waals surface area contributed by atoms with E-state index in [0.717, 1.165) is 63.2 Å². The number of carbonyl (C=O) groups is 2. The van der Waals surface area contributed by atoms with Crippen molar-refractivity contribution in [2.75, 3.05) is 74.5 Å². The lowest BCUT2D eigenvalue weighted by atomic mass is 9.72. The molecule has 5 fully saturated rings. The molecule has 5 aliphatic heterocycles. The van der Waals surface area contributed by atoms with E-state index in [9.17, 15) is 33.1 Å². The minimum absolute atomic E-state index is 0.00952. The number of nitrogen functional groups attached to an aromatic ring is 1. The maximum atomic E-state index is 17.2. The minimum Gasteiger partial charge on any atom is -0.462 e. The van der Waals surface area contributed by atoms with E-state index in [0.29, 0.717) is 60.1 Å². The average Bonchev–Trinajstić information content (AvgIpc) is 3.63. The van der Waals surface area contributed by atoms with Crippen LogP contribution in [-0.4, -0.2) is 125 Å². The van der Waals surface area contributed by atoms with Crippen LogP contribution in [0.5, 0.6) is 6.01 Å². The summed E-state index contributed by atoms with van der Waals surface area (Å²) in [6, 6.07) is 14.4. The highest BCUT2D eigenvalue weighted by Crippen LogP contribution is 2.47. The molecular formula is C59H59ClF5N11O5S. The number of halogens is 6. The van der Waals surface area contributed by atoms with Crippen LogP contribution >= 0.6 is 22.9 Å². The number of carbonyl (C=O) groups excluding carboxylic acids is 2. The molecule has 0 aliphatic carbocycles. The maximum Gasteiger partial charge on any atom is 0.319 e. The van der Waals surface area contributed by atoms with Crippen molar-refractivity contribution in [3.05, 3.63) is 112 Å². The number of piperidine rings is 1. The fraction of sp³-hybridized carbons (Fsp3) is 0.424. The van der Waals surface area contributed by atoms with Crippen LogP contribution in [0.4, 0.5) is 38.6 Å². The number of benzene rings is 4. The molecule has 2 unspecified atom stereocenters. The van der Waals surface area contributed by atoms with Gasteiger partial charge in [0.2, 0.25) is 11.8 Å². The van der Waals surface area contributed by atoms with E-state index < -0.39 is 59.1 Å². The normalized spacial score (nSPS) is 21.4. The van der Waals surface area contributed by atoms with E-state index in [1.807, 2.05) is 13.8 Å². The van der Waals surface area contributed by atoms with Gasteiger partial charge in [-0.15, -0.1) is 11.3 Å². The molecule has 23 heteroatoms. The molecule has 428 valence electrons. The van der Waals surface area contributed by atoms with Gasteiger partial charge in [-0.1, -0.05) is 60.9 Å². The van der Waals surface area contributed by atoms with Crippen LogP contribution in [-0.2, 0) is 9.59 Å². The summed E-state index contributed by atoms with van der Waals surface area (Å²) in [5.41, 5.74) is 6.86. The van der Waals surface area contributed by atoms with Crippen molar-refractivity contribution in [3.63, 3.8) is 0 Å². The molecule has 5 saturated heterocycles. The number of nitrogens with one attached hydrogen (secondary N) is 2. The average molecular weight is 1160 g/mol. The van der Waals surface area contributed by atoms with E-state index >= 15 is 8.78 Å². The molecule has 5 aliphatic rings. The summed E-state index contributed by atoms with van der Waals surface area (Å²) < 4.78 is 87.1. The number of aliphatic hydroxyl groups is 1. The van der Waals surface area contributed by atoms with Crippen molar-refractivity contribution in [3.8, 4) is 34.3 Å². The highest BCUT2D eigenvalue weighted by Gasteiger charge is 2.47. The van der Waals surface area contributed by atoms with Crippen LogP contribution in [0, 0.1) is 51.8 Å². The lowest BCUT2D eigenvalue weighted by molar-refractivity contribution is -0.141. The van der Waals surface area contributed by atoms with E-state index in [1.54, 1.807) is 31.2 Å². The predicted molar refractivity (Wildman–Crippen MR) is 301 cm³/mol.